The third kappa shape index (κ3) is 5.60. The summed E-state index contributed by atoms with van der Waals surface area (Å²) in [5, 5.41) is 13.2. The van der Waals surface area contributed by atoms with Gasteiger partial charge in [0.25, 0.3) is 11.5 Å². The minimum absolute atomic E-state index is 0.106. The smallest absolute Gasteiger partial charge is 0.270 e. The molecular formula is C26H30N4O2S2. The molecule has 0 radical (unpaired) electrons. The Bertz CT molecular complexity index is 1200. The van der Waals surface area contributed by atoms with Gasteiger partial charge in [-0.25, -0.2) is 0 Å². The molecule has 2 aromatic rings. The number of pyridine rings is 1. The van der Waals surface area contributed by atoms with Crippen LogP contribution in [0.2, 0.25) is 0 Å². The number of aromatic nitrogens is 1. The van der Waals surface area contributed by atoms with Crippen molar-refractivity contribution < 1.29 is 4.79 Å². The Labute approximate surface area is 210 Å². The highest BCUT2D eigenvalue weighted by molar-refractivity contribution is 8.26. The van der Waals surface area contributed by atoms with E-state index in [1.165, 1.54) is 11.8 Å². The van der Waals surface area contributed by atoms with Crippen LogP contribution in [0.5, 0.6) is 0 Å². The molecule has 178 valence electrons. The van der Waals surface area contributed by atoms with Crippen LogP contribution in [0.15, 0.2) is 40.0 Å². The molecule has 0 unspecified atom stereocenters. The van der Waals surface area contributed by atoms with Crippen molar-refractivity contribution in [1.82, 2.24) is 9.47 Å². The Morgan fingerprint density at radius 3 is 2.44 bits per heavy atom. The molecule has 8 heteroatoms. The molecule has 0 aliphatic carbocycles. The molecule has 1 fully saturated rings. The van der Waals surface area contributed by atoms with Crippen molar-refractivity contribution in [3.8, 4) is 6.07 Å². The van der Waals surface area contributed by atoms with Crippen molar-refractivity contribution in [2.24, 2.45) is 0 Å². The van der Waals surface area contributed by atoms with Crippen molar-refractivity contribution in [3.63, 3.8) is 0 Å². The van der Waals surface area contributed by atoms with Gasteiger partial charge in [-0.2, -0.15) is 5.26 Å². The number of thiocarbonyl (C=S) groups is 1. The second-order valence-corrected chi connectivity index (χ2v) is 9.89. The zero-order valence-corrected chi connectivity index (χ0v) is 21.5. The molecule has 1 amide bonds. The van der Waals surface area contributed by atoms with E-state index < -0.39 is 0 Å². The molecule has 2 heterocycles. The minimum atomic E-state index is -0.309. The van der Waals surface area contributed by atoms with E-state index in [0.717, 1.165) is 31.2 Å². The highest BCUT2D eigenvalue weighted by Gasteiger charge is 2.32. The summed E-state index contributed by atoms with van der Waals surface area (Å²) >= 11 is 6.73. The molecule has 1 aromatic carbocycles. The SMILES string of the molecule is CCCCN1C(=O)/C(=C\c2c(C)c(C#N)c(=O)n(CCCC)c2NCc2ccccc2)SC1=S. The van der Waals surface area contributed by atoms with E-state index in [2.05, 4.69) is 25.2 Å². The third-order valence-corrected chi connectivity index (χ3v) is 7.17. The number of hydrogen-bond donors (Lipinski definition) is 1. The summed E-state index contributed by atoms with van der Waals surface area (Å²) in [6.45, 7) is 7.49. The van der Waals surface area contributed by atoms with Crippen LogP contribution in [0.25, 0.3) is 6.08 Å². The number of rotatable bonds is 10. The van der Waals surface area contributed by atoms with Crippen molar-refractivity contribution >= 4 is 46.1 Å². The molecule has 0 spiro atoms. The molecule has 1 aliphatic heterocycles. The van der Waals surface area contributed by atoms with Crippen LogP contribution in [-0.4, -0.2) is 26.2 Å². The molecule has 0 bridgehead atoms. The summed E-state index contributed by atoms with van der Waals surface area (Å²) in [5.41, 5.74) is 2.11. The number of carbonyl (C=O) groups excluding carboxylic acids is 1. The number of amides is 1. The largest absolute Gasteiger partial charge is 0.367 e. The topological polar surface area (TPSA) is 78.1 Å². The van der Waals surface area contributed by atoms with Gasteiger partial charge in [0, 0.05) is 25.2 Å². The summed E-state index contributed by atoms with van der Waals surface area (Å²) in [6, 6.07) is 12.0. The lowest BCUT2D eigenvalue weighted by molar-refractivity contribution is -0.122. The van der Waals surface area contributed by atoms with Gasteiger partial charge in [0.15, 0.2) is 0 Å². The first-order valence-corrected chi connectivity index (χ1v) is 12.9. The van der Waals surface area contributed by atoms with E-state index in [1.54, 1.807) is 22.5 Å². The van der Waals surface area contributed by atoms with Crippen LogP contribution >= 0.6 is 24.0 Å². The second kappa shape index (κ2) is 12.0. The number of nitriles is 1. The predicted octanol–water partition coefficient (Wildman–Crippen LogP) is 5.44. The highest BCUT2D eigenvalue weighted by atomic mass is 32.2. The number of carbonyl (C=O) groups is 1. The summed E-state index contributed by atoms with van der Waals surface area (Å²) in [5.74, 6) is 0.499. The maximum Gasteiger partial charge on any atom is 0.270 e. The standard InChI is InChI=1S/C26H30N4O2S2/c1-4-6-13-29-23(28-17-19-11-9-8-10-12-19)20(18(3)21(16-27)24(29)31)15-22-25(32)30(14-7-5-2)26(33)34-22/h8-12,15,28H,4-7,13-14,17H2,1-3H3/b22-15+. The van der Waals surface area contributed by atoms with Crippen LogP contribution in [-0.2, 0) is 17.9 Å². The molecule has 34 heavy (non-hydrogen) atoms. The number of nitrogens with zero attached hydrogens (tertiary/aromatic N) is 3. The molecule has 3 rings (SSSR count). The lowest BCUT2D eigenvalue weighted by Gasteiger charge is -2.20. The third-order valence-electron chi connectivity index (χ3n) is 5.80. The van der Waals surface area contributed by atoms with Gasteiger partial charge < -0.3 is 5.32 Å². The maximum atomic E-state index is 13.2. The van der Waals surface area contributed by atoms with E-state index in [1.807, 2.05) is 30.3 Å². The summed E-state index contributed by atoms with van der Waals surface area (Å²) in [4.78, 5) is 28.5. The minimum Gasteiger partial charge on any atom is -0.367 e. The molecule has 6 nitrogen and oxygen atoms in total. The molecule has 1 aliphatic rings. The lowest BCUT2D eigenvalue weighted by Crippen LogP contribution is -2.29. The van der Waals surface area contributed by atoms with Crippen molar-refractivity contribution in [2.75, 3.05) is 11.9 Å². The normalized spacial score (nSPS) is 14.6. The number of benzene rings is 1. The Kier molecular flexibility index (Phi) is 9.08. The van der Waals surface area contributed by atoms with Gasteiger partial charge in [0.2, 0.25) is 0 Å². The average molecular weight is 495 g/mol. The predicted molar refractivity (Wildman–Crippen MR) is 144 cm³/mol. The average Bonchev–Trinajstić information content (AvgIpc) is 3.10. The maximum absolute atomic E-state index is 13.2. The molecule has 1 aromatic heterocycles. The number of anilines is 1. The van der Waals surface area contributed by atoms with Crippen molar-refractivity contribution in [2.45, 2.75) is 59.5 Å². The van der Waals surface area contributed by atoms with Gasteiger partial charge in [-0.3, -0.25) is 19.1 Å². The quantitative estimate of drug-likeness (QED) is 0.350. The number of thioether (sulfide) groups is 1. The molecular weight excluding hydrogens is 464 g/mol. The number of nitrogens with one attached hydrogen (secondary N) is 1. The monoisotopic (exact) mass is 494 g/mol. The molecule has 1 N–H and O–H groups in total. The van der Waals surface area contributed by atoms with E-state index in [0.29, 0.717) is 45.8 Å². The molecule has 0 atom stereocenters. The summed E-state index contributed by atoms with van der Waals surface area (Å²) in [6.07, 6.45) is 5.34. The van der Waals surface area contributed by atoms with Gasteiger partial charge in [0.1, 0.15) is 21.8 Å². The van der Waals surface area contributed by atoms with Gasteiger partial charge in [-0.05, 0) is 37.0 Å². The fourth-order valence-corrected chi connectivity index (χ4v) is 5.10. The summed E-state index contributed by atoms with van der Waals surface area (Å²) in [7, 11) is 0. The van der Waals surface area contributed by atoms with Gasteiger partial charge >= 0.3 is 0 Å². The Balaban J connectivity index is 2.13. The first-order valence-electron chi connectivity index (χ1n) is 11.6. The number of unbranched alkanes of at least 4 members (excludes halogenated alkanes) is 2. The fourth-order valence-electron chi connectivity index (χ4n) is 3.80. The molecule has 1 saturated heterocycles. The zero-order chi connectivity index (χ0) is 24.7. The van der Waals surface area contributed by atoms with Crippen LogP contribution in [0.4, 0.5) is 5.82 Å². The first-order chi connectivity index (χ1) is 16.4. The zero-order valence-electron chi connectivity index (χ0n) is 19.9. The van der Waals surface area contributed by atoms with E-state index in [4.69, 9.17) is 12.2 Å². The Hall–Kier alpha value is -2.89. The van der Waals surface area contributed by atoms with Gasteiger partial charge in [0.05, 0.1) is 4.91 Å². The number of hydrogen-bond acceptors (Lipinski definition) is 6. The van der Waals surface area contributed by atoms with E-state index in [9.17, 15) is 14.9 Å². The fraction of sp³-hybridized carbons (Fsp3) is 0.385. The van der Waals surface area contributed by atoms with Gasteiger partial charge in [-0.15, -0.1) is 0 Å². The van der Waals surface area contributed by atoms with Crippen LogP contribution in [0.1, 0.15) is 61.8 Å². The van der Waals surface area contributed by atoms with Crippen LogP contribution in [0, 0.1) is 18.3 Å². The molecule has 0 saturated carbocycles. The van der Waals surface area contributed by atoms with Gasteiger partial charge in [-0.1, -0.05) is 81.0 Å². The first kappa shape index (κ1) is 25.7. The van der Waals surface area contributed by atoms with Crippen molar-refractivity contribution in [3.05, 3.63) is 67.8 Å². The lowest BCUT2D eigenvalue weighted by atomic mass is 10.0. The van der Waals surface area contributed by atoms with E-state index >= 15 is 0 Å². The summed E-state index contributed by atoms with van der Waals surface area (Å²) < 4.78 is 2.18. The Morgan fingerprint density at radius 2 is 1.79 bits per heavy atom. The van der Waals surface area contributed by atoms with Crippen LogP contribution in [0.3, 0.4) is 0 Å². The highest BCUT2D eigenvalue weighted by Crippen LogP contribution is 2.35. The van der Waals surface area contributed by atoms with Crippen LogP contribution < -0.4 is 10.9 Å². The van der Waals surface area contributed by atoms with Crippen molar-refractivity contribution in [1.29, 1.82) is 5.26 Å². The second-order valence-electron chi connectivity index (χ2n) is 8.21. The van der Waals surface area contributed by atoms with E-state index in [-0.39, 0.29) is 17.0 Å². The Morgan fingerprint density at radius 1 is 1.12 bits per heavy atom.